The number of aromatic nitrogens is 1. The molecule has 0 spiro atoms. The average Bonchev–Trinajstić information content (AvgIpc) is 2.40. The normalized spacial score (nSPS) is 17.2. The molecule has 0 aliphatic carbocycles. The maximum absolute atomic E-state index is 4.52. The lowest BCUT2D eigenvalue weighted by Crippen LogP contribution is -2.38. The van der Waals surface area contributed by atoms with Gasteiger partial charge in [-0.3, -0.25) is 0 Å². The topological polar surface area (TPSA) is 28.2 Å². The SMILES string of the molecule is Cc1ccc(N2CCC(CNCC(C)C)CC2)nc1. The zero-order valence-corrected chi connectivity index (χ0v) is 12.5. The predicted octanol–water partition coefficient (Wildman–Crippen LogP) is 2.85. The first-order chi connectivity index (χ1) is 9.15. The molecule has 1 aliphatic heterocycles. The van der Waals surface area contributed by atoms with Gasteiger partial charge in [-0.15, -0.1) is 0 Å². The Balaban J connectivity index is 1.74. The minimum absolute atomic E-state index is 0.747. The summed E-state index contributed by atoms with van der Waals surface area (Å²) in [6.45, 7) is 11.2. The zero-order chi connectivity index (χ0) is 13.7. The largest absolute Gasteiger partial charge is 0.357 e. The van der Waals surface area contributed by atoms with Crippen molar-refractivity contribution in [3.8, 4) is 0 Å². The van der Waals surface area contributed by atoms with Gasteiger partial charge in [0.25, 0.3) is 0 Å². The summed E-state index contributed by atoms with van der Waals surface area (Å²) in [5.41, 5.74) is 1.23. The minimum Gasteiger partial charge on any atom is -0.357 e. The van der Waals surface area contributed by atoms with Gasteiger partial charge in [-0.05, 0) is 56.3 Å². The molecule has 1 fully saturated rings. The molecule has 1 aromatic heterocycles. The Bertz CT molecular complexity index is 364. The van der Waals surface area contributed by atoms with Gasteiger partial charge in [0.2, 0.25) is 0 Å². The Morgan fingerprint density at radius 2 is 2.05 bits per heavy atom. The summed E-state index contributed by atoms with van der Waals surface area (Å²) in [5, 5.41) is 3.58. The number of nitrogens with one attached hydrogen (secondary N) is 1. The van der Waals surface area contributed by atoms with Crippen molar-refractivity contribution in [2.45, 2.75) is 33.6 Å². The molecule has 19 heavy (non-hydrogen) atoms. The lowest BCUT2D eigenvalue weighted by atomic mass is 9.96. The van der Waals surface area contributed by atoms with Gasteiger partial charge in [0.15, 0.2) is 0 Å². The highest BCUT2D eigenvalue weighted by atomic mass is 15.2. The fraction of sp³-hybridized carbons (Fsp3) is 0.688. The van der Waals surface area contributed by atoms with Crippen LogP contribution in [0.3, 0.4) is 0 Å². The van der Waals surface area contributed by atoms with Gasteiger partial charge >= 0.3 is 0 Å². The van der Waals surface area contributed by atoms with Crippen LogP contribution in [-0.2, 0) is 0 Å². The monoisotopic (exact) mass is 261 g/mol. The maximum Gasteiger partial charge on any atom is 0.128 e. The number of rotatable bonds is 5. The van der Waals surface area contributed by atoms with Crippen LogP contribution in [0.2, 0.25) is 0 Å². The van der Waals surface area contributed by atoms with E-state index in [2.05, 4.69) is 48.1 Å². The van der Waals surface area contributed by atoms with Crippen molar-refractivity contribution in [1.29, 1.82) is 0 Å². The summed E-state index contributed by atoms with van der Waals surface area (Å²) in [6, 6.07) is 4.30. The molecule has 0 amide bonds. The molecule has 0 atom stereocenters. The first-order valence-corrected chi connectivity index (χ1v) is 7.53. The van der Waals surface area contributed by atoms with Gasteiger partial charge in [-0.1, -0.05) is 19.9 Å². The van der Waals surface area contributed by atoms with Crippen LogP contribution in [0.1, 0.15) is 32.3 Å². The van der Waals surface area contributed by atoms with E-state index < -0.39 is 0 Å². The van der Waals surface area contributed by atoms with E-state index in [9.17, 15) is 0 Å². The molecule has 1 aliphatic rings. The molecule has 3 heteroatoms. The molecule has 3 nitrogen and oxygen atoms in total. The van der Waals surface area contributed by atoms with Gasteiger partial charge in [-0.25, -0.2) is 4.98 Å². The zero-order valence-electron chi connectivity index (χ0n) is 12.5. The van der Waals surface area contributed by atoms with E-state index in [0.717, 1.165) is 37.3 Å². The van der Waals surface area contributed by atoms with E-state index in [-0.39, 0.29) is 0 Å². The Kier molecular flexibility index (Phi) is 5.20. The molecule has 0 saturated carbocycles. The lowest BCUT2D eigenvalue weighted by Gasteiger charge is -2.33. The lowest BCUT2D eigenvalue weighted by molar-refractivity contribution is 0.373. The average molecular weight is 261 g/mol. The molecule has 2 heterocycles. The van der Waals surface area contributed by atoms with Gasteiger partial charge in [0.05, 0.1) is 0 Å². The second kappa shape index (κ2) is 6.90. The Morgan fingerprint density at radius 3 is 2.63 bits per heavy atom. The van der Waals surface area contributed by atoms with E-state index in [1.54, 1.807) is 0 Å². The van der Waals surface area contributed by atoms with Crippen LogP contribution in [0.5, 0.6) is 0 Å². The summed E-state index contributed by atoms with van der Waals surface area (Å²) < 4.78 is 0. The van der Waals surface area contributed by atoms with Crippen LogP contribution < -0.4 is 10.2 Å². The Morgan fingerprint density at radius 1 is 1.32 bits per heavy atom. The molecule has 2 rings (SSSR count). The number of nitrogens with zero attached hydrogens (tertiary/aromatic N) is 2. The van der Waals surface area contributed by atoms with Crippen LogP contribution >= 0.6 is 0 Å². The second-order valence-corrected chi connectivity index (χ2v) is 6.18. The fourth-order valence-electron chi connectivity index (χ4n) is 2.59. The summed E-state index contributed by atoms with van der Waals surface area (Å²) in [4.78, 5) is 6.94. The number of piperidine rings is 1. The summed E-state index contributed by atoms with van der Waals surface area (Å²) in [7, 11) is 0. The highest BCUT2D eigenvalue weighted by Gasteiger charge is 2.19. The third-order valence-corrected chi connectivity index (χ3v) is 3.82. The molecular weight excluding hydrogens is 234 g/mol. The molecule has 1 saturated heterocycles. The van der Waals surface area contributed by atoms with Crippen molar-refractivity contribution >= 4 is 5.82 Å². The first-order valence-electron chi connectivity index (χ1n) is 7.53. The number of hydrogen-bond acceptors (Lipinski definition) is 3. The number of aryl methyl sites for hydroxylation is 1. The van der Waals surface area contributed by atoms with E-state index in [0.29, 0.717) is 0 Å². The smallest absolute Gasteiger partial charge is 0.128 e. The number of pyridine rings is 1. The van der Waals surface area contributed by atoms with Crippen LogP contribution in [0.15, 0.2) is 18.3 Å². The standard InChI is InChI=1S/C16H27N3/c1-13(2)10-17-12-15-6-8-19(9-7-15)16-5-4-14(3)11-18-16/h4-5,11,13,15,17H,6-10,12H2,1-3H3. The molecular formula is C16H27N3. The second-order valence-electron chi connectivity index (χ2n) is 6.18. The summed E-state index contributed by atoms with van der Waals surface area (Å²) in [5.74, 6) is 2.72. The van der Waals surface area contributed by atoms with Crippen molar-refractivity contribution < 1.29 is 0 Å². The number of hydrogen-bond donors (Lipinski definition) is 1. The van der Waals surface area contributed by atoms with Gasteiger partial charge in [-0.2, -0.15) is 0 Å². The highest BCUT2D eigenvalue weighted by molar-refractivity contribution is 5.39. The van der Waals surface area contributed by atoms with Crippen molar-refractivity contribution in [2.75, 3.05) is 31.1 Å². The van der Waals surface area contributed by atoms with Crippen molar-refractivity contribution in [1.82, 2.24) is 10.3 Å². The van der Waals surface area contributed by atoms with Crippen molar-refractivity contribution in [2.24, 2.45) is 11.8 Å². The third-order valence-electron chi connectivity index (χ3n) is 3.82. The van der Waals surface area contributed by atoms with E-state index in [1.165, 1.54) is 24.9 Å². The van der Waals surface area contributed by atoms with Gasteiger partial charge < -0.3 is 10.2 Å². The maximum atomic E-state index is 4.52. The van der Waals surface area contributed by atoms with E-state index in [4.69, 9.17) is 0 Å². The molecule has 106 valence electrons. The van der Waals surface area contributed by atoms with Gasteiger partial charge in [0, 0.05) is 19.3 Å². The molecule has 0 bridgehead atoms. The van der Waals surface area contributed by atoms with Crippen LogP contribution in [-0.4, -0.2) is 31.2 Å². The molecule has 0 unspecified atom stereocenters. The highest BCUT2D eigenvalue weighted by Crippen LogP contribution is 2.21. The van der Waals surface area contributed by atoms with Crippen molar-refractivity contribution in [3.05, 3.63) is 23.9 Å². The fourth-order valence-corrected chi connectivity index (χ4v) is 2.59. The summed E-state index contributed by atoms with van der Waals surface area (Å²) in [6.07, 6.45) is 4.52. The van der Waals surface area contributed by atoms with E-state index >= 15 is 0 Å². The predicted molar refractivity (Wildman–Crippen MR) is 81.6 cm³/mol. The first kappa shape index (κ1) is 14.3. The van der Waals surface area contributed by atoms with Crippen LogP contribution in [0.4, 0.5) is 5.82 Å². The Labute approximate surface area is 117 Å². The molecule has 1 N–H and O–H groups in total. The quantitative estimate of drug-likeness (QED) is 0.883. The Hall–Kier alpha value is -1.09. The van der Waals surface area contributed by atoms with Gasteiger partial charge in [0.1, 0.15) is 5.82 Å². The minimum atomic E-state index is 0.747. The van der Waals surface area contributed by atoms with E-state index in [1.807, 2.05) is 6.20 Å². The third kappa shape index (κ3) is 4.50. The molecule has 0 radical (unpaired) electrons. The van der Waals surface area contributed by atoms with Crippen LogP contribution in [0.25, 0.3) is 0 Å². The summed E-state index contributed by atoms with van der Waals surface area (Å²) >= 11 is 0. The molecule has 1 aromatic rings. The van der Waals surface area contributed by atoms with Crippen LogP contribution in [0, 0.1) is 18.8 Å². The number of anilines is 1. The van der Waals surface area contributed by atoms with Crippen molar-refractivity contribution in [3.63, 3.8) is 0 Å². The molecule has 0 aromatic carbocycles.